The van der Waals surface area contributed by atoms with Gasteiger partial charge in [-0.3, -0.25) is 4.79 Å². The summed E-state index contributed by atoms with van der Waals surface area (Å²) in [6, 6.07) is 0.830. The summed E-state index contributed by atoms with van der Waals surface area (Å²) in [6.07, 6.45) is 6.23. The minimum Gasteiger partial charge on any atom is -0.390 e. The van der Waals surface area contributed by atoms with Crippen LogP contribution in [0, 0.1) is 0 Å². The average molecular weight is 306 g/mol. The Labute approximate surface area is 129 Å². The number of anilines is 1. The van der Waals surface area contributed by atoms with E-state index in [1.165, 1.54) is 16.9 Å². The molecule has 1 aromatic heterocycles. The quantitative estimate of drug-likeness (QED) is 0.795. The molecule has 0 aromatic carbocycles. The number of thiophene rings is 1. The zero-order chi connectivity index (χ0) is 15.1. The minimum atomic E-state index is -0.410. The van der Waals surface area contributed by atoms with Gasteiger partial charge in [-0.05, 0) is 31.2 Å². The number of hydrogen-bond acceptors (Lipinski definition) is 5. The highest BCUT2D eigenvalue weighted by atomic mass is 32.1. The third-order valence-electron chi connectivity index (χ3n) is 4.52. The number of nitrogen functional groups attached to an aromatic ring is 1. The Bertz CT molecular complexity index is 603. The van der Waals surface area contributed by atoms with E-state index in [2.05, 4.69) is 30.5 Å². The maximum atomic E-state index is 11.6. The van der Waals surface area contributed by atoms with Crippen LogP contribution in [0.1, 0.15) is 53.9 Å². The maximum absolute atomic E-state index is 11.6. The molecule has 5 N–H and O–H groups in total. The van der Waals surface area contributed by atoms with Gasteiger partial charge in [-0.15, -0.1) is 11.3 Å². The van der Waals surface area contributed by atoms with Crippen molar-refractivity contribution in [2.24, 2.45) is 5.73 Å². The molecule has 1 amide bonds. The predicted octanol–water partition coefficient (Wildman–Crippen LogP) is 2.09. The predicted molar refractivity (Wildman–Crippen MR) is 86.7 cm³/mol. The van der Waals surface area contributed by atoms with Crippen LogP contribution >= 0.6 is 11.3 Å². The Morgan fingerprint density at radius 3 is 2.86 bits per heavy atom. The number of amides is 1. The smallest absolute Gasteiger partial charge is 0.251 e. The largest absolute Gasteiger partial charge is 0.390 e. The molecule has 0 radical (unpaired) electrons. The molecule has 2 heterocycles. The summed E-state index contributed by atoms with van der Waals surface area (Å²) in [4.78, 5) is 12.8. The van der Waals surface area contributed by atoms with Gasteiger partial charge < -0.3 is 16.5 Å². The van der Waals surface area contributed by atoms with E-state index in [1.807, 2.05) is 0 Å². The van der Waals surface area contributed by atoms with Crippen LogP contribution in [0.3, 0.4) is 0 Å². The van der Waals surface area contributed by atoms with Gasteiger partial charge in [-0.1, -0.05) is 13.8 Å². The van der Waals surface area contributed by atoms with E-state index < -0.39 is 5.91 Å². The van der Waals surface area contributed by atoms with Crippen molar-refractivity contribution in [1.29, 1.82) is 0 Å². The van der Waals surface area contributed by atoms with Gasteiger partial charge in [0.1, 0.15) is 0 Å². The highest BCUT2D eigenvalue weighted by Crippen LogP contribution is 2.43. The summed E-state index contributed by atoms with van der Waals surface area (Å²) >= 11 is 1.49. The van der Waals surface area contributed by atoms with Gasteiger partial charge in [0.25, 0.3) is 5.91 Å². The van der Waals surface area contributed by atoms with Crippen LogP contribution in [-0.4, -0.2) is 23.0 Å². The molecule has 0 bridgehead atoms. The van der Waals surface area contributed by atoms with E-state index in [1.54, 1.807) is 0 Å². The minimum absolute atomic E-state index is 0.330. The molecule has 1 aliphatic carbocycles. The molecule has 1 aromatic rings. The van der Waals surface area contributed by atoms with Gasteiger partial charge in [-0.25, -0.2) is 5.43 Å². The number of carbonyl (C=O) groups is 1. The summed E-state index contributed by atoms with van der Waals surface area (Å²) in [6.45, 7) is 4.41. The number of nitrogens with one attached hydrogen (secondary N) is 1. The Morgan fingerprint density at radius 2 is 2.24 bits per heavy atom. The van der Waals surface area contributed by atoms with Gasteiger partial charge >= 0.3 is 0 Å². The standard InChI is InChI=1S/C15H22N4OS/c1-3-8(4-2)19-7-10-11(18-19)6-5-9-12(14(16)20)15(17)21-13(9)10/h7-8,11,18H,3-6,17H2,1-2H3,(H2,16,20). The normalized spacial score (nSPS) is 20.4. The van der Waals surface area contributed by atoms with Gasteiger partial charge in [0.15, 0.2) is 0 Å². The fourth-order valence-corrected chi connectivity index (χ4v) is 4.56. The van der Waals surface area contributed by atoms with E-state index in [-0.39, 0.29) is 0 Å². The number of carbonyl (C=O) groups excluding carboxylic acids is 1. The third-order valence-corrected chi connectivity index (χ3v) is 5.63. The zero-order valence-electron chi connectivity index (χ0n) is 12.5. The Morgan fingerprint density at radius 1 is 1.52 bits per heavy atom. The molecule has 0 spiro atoms. The maximum Gasteiger partial charge on any atom is 0.251 e. The van der Waals surface area contributed by atoms with Crippen molar-refractivity contribution < 1.29 is 4.79 Å². The first-order valence-electron chi connectivity index (χ1n) is 7.54. The fraction of sp³-hybridized carbons (Fsp3) is 0.533. The second-order valence-corrected chi connectivity index (χ2v) is 6.75. The number of primary amides is 1. The summed E-state index contributed by atoms with van der Waals surface area (Å²) in [5.41, 5.74) is 17.9. The lowest BCUT2D eigenvalue weighted by Crippen LogP contribution is -2.42. The highest BCUT2D eigenvalue weighted by Gasteiger charge is 2.35. The summed E-state index contributed by atoms with van der Waals surface area (Å²) < 4.78 is 0. The van der Waals surface area contributed by atoms with Crippen LogP contribution in [-0.2, 0) is 6.42 Å². The molecular formula is C15H22N4OS. The lowest BCUT2D eigenvalue weighted by atomic mass is 9.89. The lowest BCUT2D eigenvalue weighted by Gasteiger charge is -2.28. The van der Waals surface area contributed by atoms with Crippen molar-refractivity contribution in [3.05, 3.63) is 22.2 Å². The Hall–Kier alpha value is -1.53. The van der Waals surface area contributed by atoms with Crippen molar-refractivity contribution in [3.63, 3.8) is 0 Å². The lowest BCUT2D eigenvalue weighted by molar-refractivity contribution is 0.100. The van der Waals surface area contributed by atoms with Crippen LogP contribution in [0.15, 0.2) is 6.20 Å². The SMILES string of the molecule is CCC(CC)N1C=C2c3sc(N)c(C(N)=O)c3CCC2N1. The topological polar surface area (TPSA) is 84.4 Å². The molecule has 3 rings (SSSR count). The molecule has 21 heavy (non-hydrogen) atoms. The molecule has 114 valence electrons. The average Bonchev–Trinajstić information content (AvgIpc) is 2.99. The zero-order valence-corrected chi connectivity index (χ0v) is 13.3. The van der Waals surface area contributed by atoms with Crippen molar-refractivity contribution >= 4 is 27.8 Å². The molecule has 6 heteroatoms. The van der Waals surface area contributed by atoms with Crippen LogP contribution in [0.4, 0.5) is 5.00 Å². The third kappa shape index (κ3) is 2.22. The van der Waals surface area contributed by atoms with Crippen LogP contribution in [0.2, 0.25) is 0 Å². The van der Waals surface area contributed by atoms with E-state index >= 15 is 0 Å². The van der Waals surface area contributed by atoms with Crippen molar-refractivity contribution in [2.75, 3.05) is 5.73 Å². The number of hydrogen-bond donors (Lipinski definition) is 3. The molecule has 0 saturated carbocycles. The number of nitrogens with two attached hydrogens (primary N) is 2. The van der Waals surface area contributed by atoms with Gasteiger partial charge in [0.05, 0.1) is 16.6 Å². The van der Waals surface area contributed by atoms with Gasteiger partial charge in [0.2, 0.25) is 0 Å². The molecule has 5 nitrogen and oxygen atoms in total. The van der Waals surface area contributed by atoms with E-state index in [0.29, 0.717) is 22.6 Å². The Balaban J connectivity index is 2.00. The first kappa shape index (κ1) is 14.4. The second kappa shape index (κ2) is 5.35. The molecule has 0 saturated heterocycles. The molecule has 1 aliphatic heterocycles. The first-order chi connectivity index (χ1) is 10.1. The van der Waals surface area contributed by atoms with Gasteiger partial charge in [-0.2, -0.15) is 0 Å². The molecule has 1 unspecified atom stereocenters. The van der Waals surface area contributed by atoms with Crippen molar-refractivity contribution in [1.82, 2.24) is 10.4 Å². The second-order valence-electron chi connectivity index (χ2n) is 5.70. The molecular weight excluding hydrogens is 284 g/mol. The first-order valence-corrected chi connectivity index (χ1v) is 8.35. The van der Waals surface area contributed by atoms with Crippen LogP contribution in [0.25, 0.3) is 5.57 Å². The van der Waals surface area contributed by atoms with Gasteiger partial charge in [0, 0.05) is 22.7 Å². The summed E-state index contributed by atoms with van der Waals surface area (Å²) in [5, 5.41) is 2.78. The number of fused-ring (bicyclic) bond motifs is 3. The monoisotopic (exact) mass is 306 g/mol. The summed E-state index contributed by atoms with van der Waals surface area (Å²) in [5.74, 6) is -0.410. The van der Waals surface area contributed by atoms with E-state index in [4.69, 9.17) is 11.5 Å². The van der Waals surface area contributed by atoms with Crippen LogP contribution < -0.4 is 16.9 Å². The van der Waals surface area contributed by atoms with E-state index in [0.717, 1.165) is 36.1 Å². The highest BCUT2D eigenvalue weighted by molar-refractivity contribution is 7.17. The molecule has 0 fully saturated rings. The van der Waals surface area contributed by atoms with E-state index in [9.17, 15) is 4.79 Å². The number of hydrazine groups is 1. The fourth-order valence-electron chi connectivity index (χ4n) is 3.37. The van der Waals surface area contributed by atoms with Crippen molar-refractivity contribution in [2.45, 2.75) is 51.6 Å². The molecule has 1 atom stereocenters. The number of rotatable bonds is 4. The summed E-state index contributed by atoms with van der Waals surface area (Å²) in [7, 11) is 0. The van der Waals surface area contributed by atoms with Crippen molar-refractivity contribution in [3.8, 4) is 0 Å². The molecule has 2 aliphatic rings. The van der Waals surface area contributed by atoms with Crippen LogP contribution in [0.5, 0.6) is 0 Å². The number of nitrogens with zero attached hydrogens (tertiary/aromatic N) is 1. The Kier molecular flexibility index (Phi) is 3.67.